The van der Waals surface area contributed by atoms with Gasteiger partial charge in [0.1, 0.15) is 5.75 Å². The number of aliphatic imine (C=N–C) groups is 1. The first-order chi connectivity index (χ1) is 7.38. The van der Waals surface area contributed by atoms with Crippen LogP contribution in [0.3, 0.4) is 0 Å². The van der Waals surface area contributed by atoms with E-state index in [1.807, 2.05) is 6.07 Å². The molecule has 78 valence electrons. The van der Waals surface area contributed by atoms with Gasteiger partial charge in [-0.05, 0) is 43.0 Å². The van der Waals surface area contributed by atoms with Crippen molar-refractivity contribution in [3.63, 3.8) is 0 Å². The number of benzene rings is 1. The van der Waals surface area contributed by atoms with Crippen molar-refractivity contribution in [3.05, 3.63) is 23.8 Å². The number of hydrogen-bond donors (Lipinski definition) is 0. The smallest absolute Gasteiger partial charge is 0.119 e. The second-order valence-electron chi connectivity index (χ2n) is 4.33. The van der Waals surface area contributed by atoms with Gasteiger partial charge in [0.2, 0.25) is 0 Å². The molecule has 2 heteroatoms. The van der Waals surface area contributed by atoms with Crippen molar-refractivity contribution in [1.29, 1.82) is 0 Å². The minimum absolute atomic E-state index is 0.587. The standard InChI is InChI=1S/C13H15NO/c1-15-9-6-7-13-11(8-9)10-4-2-3-5-12(10)14-13/h6-8,10H,2-5H2,1H3. The van der Waals surface area contributed by atoms with Crippen LogP contribution < -0.4 is 4.74 Å². The van der Waals surface area contributed by atoms with Gasteiger partial charge >= 0.3 is 0 Å². The molecule has 0 aromatic heterocycles. The lowest BCUT2D eigenvalue weighted by Gasteiger charge is -2.19. The van der Waals surface area contributed by atoms with Crippen molar-refractivity contribution >= 4 is 11.4 Å². The van der Waals surface area contributed by atoms with E-state index in [1.165, 1.54) is 37.0 Å². The summed E-state index contributed by atoms with van der Waals surface area (Å²) in [5.41, 5.74) is 3.94. The summed E-state index contributed by atoms with van der Waals surface area (Å²) in [6.07, 6.45) is 5.08. The summed E-state index contributed by atoms with van der Waals surface area (Å²) in [5.74, 6) is 1.54. The molecular formula is C13H15NO. The van der Waals surface area contributed by atoms with E-state index < -0.39 is 0 Å². The van der Waals surface area contributed by atoms with Gasteiger partial charge in [-0.15, -0.1) is 0 Å². The summed E-state index contributed by atoms with van der Waals surface area (Å²) in [5, 5.41) is 0. The van der Waals surface area contributed by atoms with Crippen LogP contribution >= 0.6 is 0 Å². The summed E-state index contributed by atoms with van der Waals surface area (Å²) in [4.78, 5) is 4.71. The third kappa shape index (κ3) is 1.36. The van der Waals surface area contributed by atoms with E-state index in [2.05, 4.69) is 12.1 Å². The summed E-state index contributed by atoms with van der Waals surface area (Å²) < 4.78 is 5.27. The lowest BCUT2D eigenvalue weighted by atomic mass is 9.84. The van der Waals surface area contributed by atoms with Crippen LogP contribution in [0.5, 0.6) is 5.75 Å². The Kier molecular flexibility index (Phi) is 2.01. The fourth-order valence-corrected chi connectivity index (χ4v) is 2.66. The van der Waals surface area contributed by atoms with Crippen molar-refractivity contribution in [1.82, 2.24) is 0 Å². The van der Waals surface area contributed by atoms with Crippen LogP contribution in [0.4, 0.5) is 5.69 Å². The maximum atomic E-state index is 5.27. The monoisotopic (exact) mass is 201 g/mol. The predicted octanol–water partition coefficient (Wildman–Crippen LogP) is 3.44. The van der Waals surface area contributed by atoms with E-state index in [4.69, 9.17) is 9.73 Å². The highest BCUT2D eigenvalue weighted by atomic mass is 16.5. The topological polar surface area (TPSA) is 21.6 Å². The van der Waals surface area contributed by atoms with E-state index in [0.717, 1.165) is 11.4 Å². The molecule has 3 rings (SSSR count). The molecule has 0 radical (unpaired) electrons. The molecule has 0 spiro atoms. The zero-order valence-corrected chi connectivity index (χ0v) is 8.99. The van der Waals surface area contributed by atoms with Crippen LogP contribution in [0.25, 0.3) is 0 Å². The molecule has 1 atom stereocenters. The number of ether oxygens (including phenoxy) is 1. The highest BCUT2D eigenvalue weighted by molar-refractivity contribution is 5.98. The SMILES string of the molecule is COc1ccc2c(c1)C1CCCCC1=N2. The Hall–Kier alpha value is -1.31. The maximum absolute atomic E-state index is 5.27. The van der Waals surface area contributed by atoms with Gasteiger partial charge in [0.25, 0.3) is 0 Å². The number of nitrogens with zero attached hydrogens (tertiary/aromatic N) is 1. The van der Waals surface area contributed by atoms with E-state index in [1.54, 1.807) is 7.11 Å². The van der Waals surface area contributed by atoms with E-state index >= 15 is 0 Å². The molecular weight excluding hydrogens is 186 g/mol. The van der Waals surface area contributed by atoms with Gasteiger partial charge < -0.3 is 4.74 Å². The molecule has 1 heterocycles. The van der Waals surface area contributed by atoms with Gasteiger partial charge in [0.15, 0.2) is 0 Å². The fraction of sp³-hybridized carbons (Fsp3) is 0.462. The average molecular weight is 201 g/mol. The Morgan fingerprint density at radius 3 is 3.13 bits per heavy atom. The highest BCUT2D eigenvalue weighted by Crippen LogP contribution is 2.43. The lowest BCUT2D eigenvalue weighted by Crippen LogP contribution is -2.13. The Labute approximate surface area is 90.0 Å². The van der Waals surface area contributed by atoms with Crippen molar-refractivity contribution in [2.45, 2.75) is 31.6 Å². The first kappa shape index (κ1) is 8.96. The second kappa shape index (κ2) is 3.37. The molecule has 0 bridgehead atoms. The molecule has 0 saturated heterocycles. The van der Waals surface area contributed by atoms with E-state index in [-0.39, 0.29) is 0 Å². The molecule has 0 N–H and O–H groups in total. The zero-order chi connectivity index (χ0) is 10.3. The summed E-state index contributed by atoms with van der Waals surface area (Å²) in [7, 11) is 1.72. The first-order valence-corrected chi connectivity index (χ1v) is 5.64. The number of methoxy groups -OCH3 is 1. The van der Waals surface area contributed by atoms with Crippen LogP contribution in [0.1, 0.15) is 37.2 Å². The average Bonchev–Trinajstić information content (AvgIpc) is 2.66. The van der Waals surface area contributed by atoms with E-state index in [0.29, 0.717) is 5.92 Å². The van der Waals surface area contributed by atoms with Gasteiger partial charge in [-0.25, -0.2) is 0 Å². The molecule has 2 aliphatic rings. The largest absolute Gasteiger partial charge is 0.497 e. The van der Waals surface area contributed by atoms with Crippen LogP contribution in [0.2, 0.25) is 0 Å². The first-order valence-electron chi connectivity index (χ1n) is 5.64. The van der Waals surface area contributed by atoms with Crippen LogP contribution in [0, 0.1) is 0 Å². The Bertz CT molecular complexity index is 423. The van der Waals surface area contributed by atoms with Gasteiger partial charge in [0.05, 0.1) is 12.8 Å². The Morgan fingerprint density at radius 1 is 1.33 bits per heavy atom. The summed E-state index contributed by atoms with van der Waals surface area (Å²) >= 11 is 0. The van der Waals surface area contributed by atoms with Crippen molar-refractivity contribution in [2.24, 2.45) is 4.99 Å². The Morgan fingerprint density at radius 2 is 2.27 bits per heavy atom. The fourth-order valence-electron chi connectivity index (χ4n) is 2.66. The van der Waals surface area contributed by atoms with Gasteiger partial charge in [-0.1, -0.05) is 6.42 Å². The molecule has 1 fully saturated rings. The van der Waals surface area contributed by atoms with Crippen LogP contribution in [-0.2, 0) is 0 Å². The molecule has 1 aliphatic heterocycles. The van der Waals surface area contributed by atoms with Crippen LogP contribution in [-0.4, -0.2) is 12.8 Å². The predicted molar refractivity (Wildman–Crippen MR) is 61.3 cm³/mol. The second-order valence-corrected chi connectivity index (χ2v) is 4.33. The van der Waals surface area contributed by atoms with Gasteiger partial charge in [-0.2, -0.15) is 0 Å². The summed E-state index contributed by atoms with van der Waals surface area (Å²) in [6, 6.07) is 6.24. The van der Waals surface area contributed by atoms with Crippen molar-refractivity contribution in [2.75, 3.05) is 7.11 Å². The van der Waals surface area contributed by atoms with Crippen molar-refractivity contribution in [3.8, 4) is 5.75 Å². The molecule has 1 aromatic carbocycles. The maximum Gasteiger partial charge on any atom is 0.119 e. The minimum atomic E-state index is 0.587. The third-order valence-electron chi connectivity index (χ3n) is 3.45. The molecule has 1 saturated carbocycles. The number of rotatable bonds is 1. The van der Waals surface area contributed by atoms with Gasteiger partial charge in [-0.3, -0.25) is 4.99 Å². The number of fused-ring (bicyclic) bond motifs is 3. The van der Waals surface area contributed by atoms with E-state index in [9.17, 15) is 0 Å². The normalized spacial score (nSPS) is 23.0. The molecule has 15 heavy (non-hydrogen) atoms. The zero-order valence-electron chi connectivity index (χ0n) is 8.99. The lowest BCUT2D eigenvalue weighted by molar-refractivity contribution is 0.414. The Balaban J connectivity index is 2.04. The molecule has 0 amide bonds. The molecule has 2 nitrogen and oxygen atoms in total. The molecule has 1 aliphatic carbocycles. The van der Waals surface area contributed by atoms with Gasteiger partial charge in [0, 0.05) is 11.6 Å². The number of hydrogen-bond acceptors (Lipinski definition) is 2. The van der Waals surface area contributed by atoms with Crippen LogP contribution in [0.15, 0.2) is 23.2 Å². The molecule has 1 aromatic rings. The van der Waals surface area contributed by atoms with Crippen molar-refractivity contribution < 1.29 is 4.74 Å². The quantitative estimate of drug-likeness (QED) is 0.682. The highest BCUT2D eigenvalue weighted by Gasteiger charge is 2.29. The minimum Gasteiger partial charge on any atom is -0.497 e. The third-order valence-corrected chi connectivity index (χ3v) is 3.45. The summed E-state index contributed by atoms with van der Waals surface area (Å²) in [6.45, 7) is 0. The molecule has 1 unspecified atom stereocenters.